The monoisotopic (exact) mass is 351 g/mol. The molecule has 0 saturated carbocycles. The molecule has 1 aromatic heterocycles. The highest BCUT2D eigenvalue weighted by Gasteiger charge is 2.12. The molecule has 0 fully saturated rings. The summed E-state index contributed by atoms with van der Waals surface area (Å²) in [4.78, 5) is 20.3. The van der Waals surface area contributed by atoms with Gasteiger partial charge < -0.3 is 10.6 Å². The average Bonchev–Trinajstić information content (AvgIpc) is 2.64. The second kappa shape index (κ2) is 7.36. The second-order valence-corrected chi connectivity index (χ2v) is 5.16. The predicted molar refractivity (Wildman–Crippen MR) is 90.8 cm³/mol. The van der Waals surface area contributed by atoms with Crippen LogP contribution < -0.4 is 10.6 Å². The van der Waals surface area contributed by atoms with Gasteiger partial charge in [-0.3, -0.25) is 4.79 Å². The van der Waals surface area contributed by atoms with E-state index in [0.29, 0.717) is 17.3 Å². The number of hydrogen-bond donors (Lipinski definition) is 2. The lowest BCUT2D eigenvalue weighted by atomic mass is 10.2. The third-order valence-electron chi connectivity index (χ3n) is 3.32. The van der Waals surface area contributed by atoms with Gasteiger partial charge in [0.2, 0.25) is 5.95 Å². The maximum absolute atomic E-state index is 13.6. The van der Waals surface area contributed by atoms with Crippen LogP contribution >= 0.6 is 0 Å². The van der Waals surface area contributed by atoms with Crippen molar-refractivity contribution in [3.05, 3.63) is 77.6 Å². The molecule has 3 aromatic rings. The summed E-state index contributed by atoms with van der Waals surface area (Å²) in [7, 11) is 0. The molecule has 0 radical (unpaired) electrons. The zero-order valence-electron chi connectivity index (χ0n) is 13.2. The van der Waals surface area contributed by atoms with E-state index in [-0.39, 0.29) is 17.3 Å². The lowest BCUT2D eigenvalue weighted by Gasteiger charge is -2.08. The molecular formula is C18H11F2N5O. The minimum Gasteiger partial charge on any atom is -0.324 e. The van der Waals surface area contributed by atoms with E-state index in [0.717, 1.165) is 12.1 Å². The van der Waals surface area contributed by atoms with Crippen LogP contribution in [0.2, 0.25) is 0 Å². The van der Waals surface area contributed by atoms with Gasteiger partial charge in [0, 0.05) is 18.0 Å². The second-order valence-electron chi connectivity index (χ2n) is 5.16. The molecule has 128 valence electrons. The Morgan fingerprint density at radius 1 is 1.12 bits per heavy atom. The van der Waals surface area contributed by atoms with Crippen molar-refractivity contribution in [3.8, 4) is 6.07 Å². The molecule has 2 aromatic carbocycles. The largest absolute Gasteiger partial charge is 0.324 e. The van der Waals surface area contributed by atoms with Crippen LogP contribution in [0, 0.1) is 23.0 Å². The molecule has 8 heteroatoms. The van der Waals surface area contributed by atoms with E-state index in [1.807, 2.05) is 6.07 Å². The highest BCUT2D eigenvalue weighted by atomic mass is 19.1. The van der Waals surface area contributed by atoms with E-state index in [4.69, 9.17) is 5.26 Å². The van der Waals surface area contributed by atoms with Crippen molar-refractivity contribution in [2.24, 2.45) is 0 Å². The highest BCUT2D eigenvalue weighted by Crippen LogP contribution is 2.17. The van der Waals surface area contributed by atoms with Crippen LogP contribution in [0.4, 0.5) is 26.1 Å². The molecular weight excluding hydrogens is 340 g/mol. The number of nitrogens with zero attached hydrogens (tertiary/aromatic N) is 3. The standard InChI is InChI=1S/C18H11F2N5O/c19-12-4-5-15(14(20)9-12)24-17(26)16-6-7-22-18(25-16)23-13-3-1-2-11(8-13)10-21/h1-9H,(H,24,26)(H,22,23,25). The zero-order chi connectivity index (χ0) is 18.5. The number of amides is 1. The minimum atomic E-state index is -0.890. The fraction of sp³-hybridized carbons (Fsp3) is 0. The van der Waals surface area contributed by atoms with Crippen molar-refractivity contribution in [1.82, 2.24) is 9.97 Å². The van der Waals surface area contributed by atoms with Crippen LogP contribution in [-0.2, 0) is 0 Å². The van der Waals surface area contributed by atoms with Crippen LogP contribution in [0.1, 0.15) is 16.1 Å². The Kier molecular flexibility index (Phi) is 4.80. The number of nitriles is 1. The molecule has 0 bridgehead atoms. The van der Waals surface area contributed by atoms with Crippen molar-refractivity contribution < 1.29 is 13.6 Å². The molecule has 26 heavy (non-hydrogen) atoms. The van der Waals surface area contributed by atoms with Gasteiger partial charge in [0.15, 0.2) is 0 Å². The Hall–Kier alpha value is -3.86. The quantitative estimate of drug-likeness (QED) is 0.749. The summed E-state index contributed by atoms with van der Waals surface area (Å²) < 4.78 is 26.6. The molecule has 6 nitrogen and oxygen atoms in total. The number of benzene rings is 2. The van der Waals surface area contributed by atoms with Crippen molar-refractivity contribution in [2.45, 2.75) is 0 Å². The fourth-order valence-electron chi connectivity index (χ4n) is 2.12. The Balaban J connectivity index is 1.78. The van der Waals surface area contributed by atoms with Gasteiger partial charge in [-0.05, 0) is 36.4 Å². The first-order chi connectivity index (χ1) is 12.5. The summed E-state index contributed by atoms with van der Waals surface area (Å²) in [5.74, 6) is -2.17. The average molecular weight is 351 g/mol. The number of hydrogen-bond acceptors (Lipinski definition) is 5. The summed E-state index contributed by atoms with van der Waals surface area (Å²) in [6, 6.07) is 12.8. The topological polar surface area (TPSA) is 90.7 Å². The van der Waals surface area contributed by atoms with Crippen LogP contribution in [0.3, 0.4) is 0 Å². The summed E-state index contributed by atoms with van der Waals surface area (Å²) in [6.07, 6.45) is 1.36. The molecule has 1 heterocycles. The van der Waals surface area contributed by atoms with E-state index < -0.39 is 17.5 Å². The molecule has 0 atom stereocenters. The van der Waals surface area contributed by atoms with E-state index in [1.165, 1.54) is 12.3 Å². The van der Waals surface area contributed by atoms with Crippen molar-refractivity contribution in [3.63, 3.8) is 0 Å². The molecule has 0 aliphatic heterocycles. The Morgan fingerprint density at radius 3 is 2.73 bits per heavy atom. The van der Waals surface area contributed by atoms with Gasteiger partial charge in [0.25, 0.3) is 5.91 Å². The van der Waals surface area contributed by atoms with Gasteiger partial charge in [-0.15, -0.1) is 0 Å². The number of carbonyl (C=O) groups is 1. The first-order valence-electron chi connectivity index (χ1n) is 7.42. The summed E-state index contributed by atoms with van der Waals surface area (Å²) in [5.41, 5.74) is 0.857. The SMILES string of the molecule is N#Cc1cccc(Nc2nccc(C(=O)Nc3ccc(F)cc3F)n2)c1. The normalized spacial score (nSPS) is 10.0. The maximum atomic E-state index is 13.6. The number of anilines is 3. The summed E-state index contributed by atoms with van der Waals surface area (Å²) in [5, 5.41) is 14.1. The third-order valence-corrected chi connectivity index (χ3v) is 3.32. The number of aromatic nitrogens is 2. The summed E-state index contributed by atoms with van der Waals surface area (Å²) >= 11 is 0. The van der Waals surface area contributed by atoms with E-state index in [2.05, 4.69) is 20.6 Å². The Labute approximate surface area is 147 Å². The minimum absolute atomic E-state index is 0.0114. The molecule has 0 spiro atoms. The van der Waals surface area contributed by atoms with Gasteiger partial charge >= 0.3 is 0 Å². The van der Waals surface area contributed by atoms with Gasteiger partial charge in [-0.2, -0.15) is 5.26 Å². The Morgan fingerprint density at radius 2 is 1.96 bits per heavy atom. The molecule has 1 amide bonds. The van der Waals surface area contributed by atoms with Gasteiger partial charge in [0.05, 0.1) is 17.3 Å². The predicted octanol–water partition coefficient (Wildman–Crippen LogP) is 3.62. The molecule has 2 N–H and O–H groups in total. The van der Waals surface area contributed by atoms with Crippen LogP contribution in [0.25, 0.3) is 0 Å². The Bertz CT molecular complexity index is 1020. The molecule has 0 unspecified atom stereocenters. The van der Waals surface area contributed by atoms with Gasteiger partial charge in [-0.25, -0.2) is 18.7 Å². The lowest BCUT2D eigenvalue weighted by molar-refractivity contribution is 0.102. The van der Waals surface area contributed by atoms with Crippen LogP contribution in [-0.4, -0.2) is 15.9 Å². The first-order valence-corrected chi connectivity index (χ1v) is 7.42. The zero-order valence-corrected chi connectivity index (χ0v) is 13.2. The summed E-state index contributed by atoms with van der Waals surface area (Å²) in [6.45, 7) is 0. The smallest absolute Gasteiger partial charge is 0.274 e. The first kappa shape index (κ1) is 17.0. The van der Waals surface area contributed by atoms with Crippen molar-refractivity contribution in [1.29, 1.82) is 5.26 Å². The number of rotatable bonds is 4. The molecule has 0 saturated heterocycles. The van der Waals surface area contributed by atoms with E-state index in [1.54, 1.807) is 24.3 Å². The number of carbonyl (C=O) groups excluding carboxylic acids is 1. The van der Waals surface area contributed by atoms with Gasteiger partial charge in [0.1, 0.15) is 17.3 Å². The van der Waals surface area contributed by atoms with Crippen LogP contribution in [0.5, 0.6) is 0 Å². The third kappa shape index (κ3) is 3.96. The van der Waals surface area contributed by atoms with E-state index >= 15 is 0 Å². The highest BCUT2D eigenvalue weighted by molar-refractivity contribution is 6.03. The number of nitrogens with one attached hydrogen (secondary N) is 2. The van der Waals surface area contributed by atoms with Crippen molar-refractivity contribution >= 4 is 23.2 Å². The number of halogens is 2. The molecule has 0 aliphatic carbocycles. The van der Waals surface area contributed by atoms with Crippen molar-refractivity contribution in [2.75, 3.05) is 10.6 Å². The van der Waals surface area contributed by atoms with E-state index in [9.17, 15) is 13.6 Å². The molecule has 3 rings (SSSR count). The lowest BCUT2D eigenvalue weighted by Crippen LogP contribution is -2.15. The maximum Gasteiger partial charge on any atom is 0.274 e. The van der Waals surface area contributed by atoms with Gasteiger partial charge in [-0.1, -0.05) is 6.07 Å². The fourth-order valence-corrected chi connectivity index (χ4v) is 2.12. The van der Waals surface area contributed by atoms with Crippen LogP contribution in [0.15, 0.2) is 54.7 Å². The molecule has 0 aliphatic rings.